The molecular formula is C10H22N2O3S. The minimum atomic E-state index is -3.41. The first-order chi connectivity index (χ1) is 7.49. The van der Waals surface area contributed by atoms with E-state index in [1.54, 1.807) is 0 Å². The van der Waals surface area contributed by atoms with E-state index >= 15 is 0 Å². The Labute approximate surface area is 98.0 Å². The first-order valence-electron chi connectivity index (χ1n) is 5.87. The van der Waals surface area contributed by atoms with E-state index in [-0.39, 0.29) is 12.6 Å². The van der Waals surface area contributed by atoms with Crippen LogP contribution in [0.3, 0.4) is 0 Å². The SMILES string of the molecule is CC[C@H](CO)NS(=O)(=O)N1CCC(C)CC1. The molecule has 0 aromatic carbocycles. The maximum absolute atomic E-state index is 11.9. The highest BCUT2D eigenvalue weighted by atomic mass is 32.2. The molecule has 0 amide bonds. The van der Waals surface area contributed by atoms with Gasteiger partial charge in [-0.25, -0.2) is 0 Å². The maximum atomic E-state index is 11.9. The summed E-state index contributed by atoms with van der Waals surface area (Å²) in [5.41, 5.74) is 0. The van der Waals surface area contributed by atoms with Gasteiger partial charge in [0.25, 0.3) is 10.2 Å². The standard InChI is InChI=1S/C10H22N2O3S/c1-3-10(8-13)11-16(14,15)12-6-4-9(2)5-7-12/h9-11,13H,3-8H2,1-2H3/t10-/m1/s1. The van der Waals surface area contributed by atoms with E-state index < -0.39 is 10.2 Å². The lowest BCUT2D eigenvalue weighted by molar-refractivity contribution is 0.245. The molecule has 1 atom stereocenters. The van der Waals surface area contributed by atoms with E-state index in [0.29, 0.717) is 25.4 Å². The summed E-state index contributed by atoms with van der Waals surface area (Å²) in [4.78, 5) is 0. The van der Waals surface area contributed by atoms with Gasteiger partial charge in [0.05, 0.1) is 6.61 Å². The van der Waals surface area contributed by atoms with E-state index in [2.05, 4.69) is 11.6 Å². The van der Waals surface area contributed by atoms with Crippen molar-refractivity contribution in [2.75, 3.05) is 19.7 Å². The lowest BCUT2D eigenvalue weighted by Crippen LogP contribution is -2.48. The van der Waals surface area contributed by atoms with Crippen LogP contribution < -0.4 is 4.72 Å². The third-order valence-corrected chi connectivity index (χ3v) is 4.79. The van der Waals surface area contributed by atoms with Crippen LogP contribution in [0.5, 0.6) is 0 Å². The molecule has 5 nitrogen and oxygen atoms in total. The molecule has 2 N–H and O–H groups in total. The average Bonchev–Trinajstić information content (AvgIpc) is 2.26. The Morgan fingerprint density at radius 2 is 2.00 bits per heavy atom. The molecule has 0 radical (unpaired) electrons. The Kier molecular flexibility index (Phi) is 5.17. The Hall–Kier alpha value is -0.170. The van der Waals surface area contributed by atoms with Crippen LogP contribution in [0.2, 0.25) is 0 Å². The highest BCUT2D eigenvalue weighted by Crippen LogP contribution is 2.18. The quantitative estimate of drug-likeness (QED) is 0.738. The zero-order valence-corrected chi connectivity index (χ0v) is 10.8. The summed E-state index contributed by atoms with van der Waals surface area (Å²) in [5, 5.41) is 8.98. The van der Waals surface area contributed by atoms with E-state index in [0.717, 1.165) is 12.8 Å². The summed E-state index contributed by atoms with van der Waals surface area (Å²) in [7, 11) is -3.41. The zero-order valence-electron chi connectivity index (χ0n) is 10.0. The third-order valence-electron chi connectivity index (χ3n) is 3.11. The van der Waals surface area contributed by atoms with E-state index in [4.69, 9.17) is 5.11 Å². The fourth-order valence-corrected chi connectivity index (χ4v) is 3.26. The molecule has 0 unspecified atom stereocenters. The molecule has 0 aromatic rings. The Balaban J connectivity index is 2.56. The second-order valence-corrected chi connectivity index (χ2v) is 6.19. The van der Waals surface area contributed by atoms with Crippen LogP contribution in [-0.4, -0.2) is 43.6 Å². The molecule has 1 saturated heterocycles. The van der Waals surface area contributed by atoms with Crippen molar-refractivity contribution in [2.24, 2.45) is 5.92 Å². The van der Waals surface area contributed by atoms with Crippen molar-refractivity contribution >= 4 is 10.2 Å². The molecule has 16 heavy (non-hydrogen) atoms. The van der Waals surface area contributed by atoms with Crippen LogP contribution in [0.15, 0.2) is 0 Å². The van der Waals surface area contributed by atoms with Gasteiger partial charge in [0.2, 0.25) is 0 Å². The van der Waals surface area contributed by atoms with Crippen molar-refractivity contribution in [3.05, 3.63) is 0 Å². The highest BCUT2D eigenvalue weighted by Gasteiger charge is 2.27. The predicted octanol–water partition coefficient (Wildman–Crippen LogP) is 0.324. The normalized spacial score (nSPS) is 22.2. The molecule has 1 heterocycles. The summed E-state index contributed by atoms with van der Waals surface area (Å²) >= 11 is 0. The van der Waals surface area contributed by atoms with Gasteiger partial charge in [0.1, 0.15) is 0 Å². The molecule has 1 aliphatic rings. The summed E-state index contributed by atoms with van der Waals surface area (Å²) in [6.07, 6.45) is 2.42. The lowest BCUT2D eigenvalue weighted by atomic mass is 10.0. The van der Waals surface area contributed by atoms with Gasteiger partial charge in [0.15, 0.2) is 0 Å². The van der Waals surface area contributed by atoms with Crippen molar-refractivity contribution in [2.45, 2.75) is 39.2 Å². The largest absolute Gasteiger partial charge is 0.395 e. The molecule has 1 fully saturated rings. The van der Waals surface area contributed by atoms with Crippen LogP contribution in [0.25, 0.3) is 0 Å². The molecule has 0 spiro atoms. The number of nitrogens with one attached hydrogen (secondary N) is 1. The third kappa shape index (κ3) is 3.69. The molecule has 1 rings (SSSR count). The Morgan fingerprint density at radius 1 is 1.44 bits per heavy atom. The first-order valence-corrected chi connectivity index (χ1v) is 7.31. The summed E-state index contributed by atoms with van der Waals surface area (Å²) in [5.74, 6) is 0.603. The molecular weight excluding hydrogens is 228 g/mol. The molecule has 0 saturated carbocycles. The van der Waals surface area contributed by atoms with Gasteiger partial charge in [-0.15, -0.1) is 0 Å². The fourth-order valence-electron chi connectivity index (χ4n) is 1.76. The van der Waals surface area contributed by atoms with Gasteiger partial charge in [-0.1, -0.05) is 13.8 Å². The molecule has 96 valence electrons. The minimum Gasteiger partial charge on any atom is -0.395 e. The van der Waals surface area contributed by atoms with E-state index in [1.807, 2.05) is 6.92 Å². The summed E-state index contributed by atoms with van der Waals surface area (Å²) in [6.45, 7) is 5.00. The summed E-state index contributed by atoms with van der Waals surface area (Å²) in [6, 6.07) is -0.371. The maximum Gasteiger partial charge on any atom is 0.279 e. The monoisotopic (exact) mass is 250 g/mol. The predicted molar refractivity (Wildman–Crippen MR) is 63.2 cm³/mol. The number of aliphatic hydroxyl groups excluding tert-OH is 1. The van der Waals surface area contributed by atoms with Crippen molar-refractivity contribution in [1.29, 1.82) is 0 Å². The number of aliphatic hydroxyl groups is 1. The average molecular weight is 250 g/mol. The zero-order chi connectivity index (χ0) is 12.2. The minimum absolute atomic E-state index is 0.153. The van der Waals surface area contributed by atoms with Crippen molar-refractivity contribution in [3.63, 3.8) is 0 Å². The molecule has 0 bridgehead atoms. The Bertz CT molecular complexity index is 293. The van der Waals surface area contributed by atoms with Gasteiger partial charge >= 0.3 is 0 Å². The van der Waals surface area contributed by atoms with Crippen molar-refractivity contribution in [1.82, 2.24) is 9.03 Å². The first kappa shape index (κ1) is 13.9. The van der Waals surface area contributed by atoms with Crippen LogP contribution in [-0.2, 0) is 10.2 Å². The number of nitrogens with zero attached hydrogens (tertiary/aromatic N) is 1. The van der Waals surface area contributed by atoms with Crippen LogP contribution in [0.1, 0.15) is 33.1 Å². The number of rotatable bonds is 5. The second kappa shape index (κ2) is 5.95. The second-order valence-electron chi connectivity index (χ2n) is 4.49. The van der Waals surface area contributed by atoms with Crippen LogP contribution in [0, 0.1) is 5.92 Å². The van der Waals surface area contributed by atoms with Gasteiger partial charge in [-0.2, -0.15) is 17.4 Å². The van der Waals surface area contributed by atoms with Crippen LogP contribution in [0.4, 0.5) is 0 Å². The topological polar surface area (TPSA) is 69.6 Å². The van der Waals surface area contributed by atoms with Crippen LogP contribution >= 0.6 is 0 Å². The molecule has 6 heteroatoms. The fraction of sp³-hybridized carbons (Fsp3) is 1.00. The van der Waals surface area contributed by atoms with Gasteiger partial charge < -0.3 is 5.11 Å². The van der Waals surface area contributed by atoms with E-state index in [1.165, 1.54) is 4.31 Å². The number of piperidine rings is 1. The highest BCUT2D eigenvalue weighted by molar-refractivity contribution is 7.87. The molecule has 1 aliphatic heterocycles. The molecule has 0 aliphatic carbocycles. The lowest BCUT2D eigenvalue weighted by Gasteiger charge is -2.30. The number of hydrogen-bond acceptors (Lipinski definition) is 3. The summed E-state index contributed by atoms with van der Waals surface area (Å²) < 4.78 is 27.9. The van der Waals surface area contributed by atoms with Gasteiger partial charge in [-0.05, 0) is 25.2 Å². The van der Waals surface area contributed by atoms with Gasteiger partial charge in [-0.3, -0.25) is 0 Å². The van der Waals surface area contributed by atoms with Gasteiger partial charge in [0, 0.05) is 19.1 Å². The van der Waals surface area contributed by atoms with Crippen molar-refractivity contribution < 1.29 is 13.5 Å². The number of hydrogen-bond donors (Lipinski definition) is 2. The van der Waals surface area contributed by atoms with Crippen molar-refractivity contribution in [3.8, 4) is 0 Å². The van der Waals surface area contributed by atoms with E-state index in [9.17, 15) is 8.42 Å². The molecule has 0 aromatic heterocycles. The smallest absolute Gasteiger partial charge is 0.279 e. The Morgan fingerprint density at radius 3 is 2.44 bits per heavy atom.